The van der Waals surface area contributed by atoms with Gasteiger partial charge in [-0.05, 0) is 25.1 Å². The topological polar surface area (TPSA) is 87.7 Å². The van der Waals surface area contributed by atoms with Crippen molar-refractivity contribution in [1.29, 1.82) is 0 Å². The molecule has 0 fully saturated rings. The van der Waals surface area contributed by atoms with Crippen LogP contribution in [0.25, 0.3) is 5.70 Å². The van der Waals surface area contributed by atoms with Crippen molar-refractivity contribution in [3.05, 3.63) is 66.2 Å². The van der Waals surface area contributed by atoms with Gasteiger partial charge in [0.25, 0.3) is 11.8 Å². The lowest BCUT2D eigenvalue weighted by Gasteiger charge is -2.17. The SMILES string of the molecule is C=C1c2ccccc2C(=O)N1CC(=O)Nc1cccc(OCC(=O)NCC)c1. The Kier molecular flexibility index (Phi) is 5.74. The van der Waals surface area contributed by atoms with Gasteiger partial charge in [-0.2, -0.15) is 0 Å². The first-order chi connectivity index (χ1) is 13.5. The van der Waals surface area contributed by atoms with Crippen LogP contribution in [0.1, 0.15) is 22.8 Å². The third-order valence-electron chi connectivity index (χ3n) is 4.20. The quantitative estimate of drug-likeness (QED) is 0.773. The number of likely N-dealkylation sites (N-methyl/N-ethyl adjacent to an activating group) is 1. The Hall–Kier alpha value is -3.61. The molecular formula is C21H21N3O4. The van der Waals surface area contributed by atoms with Crippen molar-refractivity contribution in [2.45, 2.75) is 6.92 Å². The Bertz CT molecular complexity index is 904. The highest BCUT2D eigenvalue weighted by atomic mass is 16.5. The van der Waals surface area contributed by atoms with E-state index in [1.165, 1.54) is 4.90 Å². The predicted octanol–water partition coefficient (Wildman–Crippen LogP) is 2.27. The lowest BCUT2D eigenvalue weighted by Crippen LogP contribution is -2.32. The van der Waals surface area contributed by atoms with Gasteiger partial charge >= 0.3 is 0 Å². The third kappa shape index (κ3) is 4.20. The molecule has 144 valence electrons. The summed E-state index contributed by atoms with van der Waals surface area (Å²) < 4.78 is 5.41. The first-order valence-corrected chi connectivity index (χ1v) is 8.89. The van der Waals surface area contributed by atoms with Crippen molar-refractivity contribution in [3.8, 4) is 5.75 Å². The zero-order chi connectivity index (χ0) is 20.1. The van der Waals surface area contributed by atoms with Crippen LogP contribution < -0.4 is 15.4 Å². The molecule has 0 unspecified atom stereocenters. The van der Waals surface area contributed by atoms with E-state index in [9.17, 15) is 14.4 Å². The summed E-state index contributed by atoms with van der Waals surface area (Å²) in [5, 5.41) is 5.37. The lowest BCUT2D eigenvalue weighted by molar-refractivity contribution is -0.123. The third-order valence-corrected chi connectivity index (χ3v) is 4.20. The van der Waals surface area contributed by atoms with Crippen LogP contribution in [-0.2, 0) is 9.59 Å². The fourth-order valence-electron chi connectivity index (χ4n) is 2.91. The van der Waals surface area contributed by atoms with Gasteiger partial charge in [0, 0.05) is 35.1 Å². The molecule has 1 aliphatic rings. The van der Waals surface area contributed by atoms with E-state index in [2.05, 4.69) is 17.2 Å². The van der Waals surface area contributed by atoms with Crippen molar-refractivity contribution in [2.24, 2.45) is 0 Å². The molecule has 7 nitrogen and oxygen atoms in total. The maximum absolute atomic E-state index is 12.5. The average molecular weight is 379 g/mol. The highest BCUT2D eigenvalue weighted by Crippen LogP contribution is 2.30. The molecule has 0 spiro atoms. The highest BCUT2D eigenvalue weighted by Gasteiger charge is 2.31. The van der Waals surface area contributed by atoms with Crippen LogP contribution in [0.5, 0.6) is 5.75 Å². The Labute approximate surface area is 163 Å². The second-order valence-electron chi connectivity index (χ2n) is 6.20. The molecule has 7 heteroatoms. The summed E-state index contributed by atoms with van der Waals surface area (Å²) in [7, 11) is 0. The molecule has 3 amide bonds. The molecule has 2 aromatic carbocycles. The molecular weight excluding hydrogens is 358 g/mol. The number of rotatable bonds is 7. The van der Waals surface area contributed by atoms with E-state index in [0.29, 0.717) is 29.2 Å². The zero-order valence-electron chi connectivity index (χ0n) is 15.5. The Balaban J connectivity index is 1.60. The molecule has 3 rings (SSSR count). The lowest BCUT2D eigenvalue weighted by atomic mass is 10.1. The fraction of sp³-hybridized carbons (Fsp3) is 0.190. The second-order valence-corrected chi connectivity index (χ2v) is 6.20. The largest absolute Gasteiger partial charge is 0.484 e. The molecule has 0 atom stereocenters. The summed E-state index contributed by atoms with van der Waals surface area (Å²) in [6.07, 6.45) is 0. The molecule has 2 aromatic rings. The van der Waals surface area contributed by atoms with Crippen LogP contribution in [0.4, 0.5) is 5.69 Å². The number of nitrogens with one attached hydrogen (secondary N) is 2. The smallest absolute Gasteiger partial charge is 0.259 e. The van der Waals surface area contributed by atoms with Gasteiger partial charge in [-0.3, -0.25) is 19.3 Å². The molecule has 0 saturated heterocycles. The number of carbonyl (C=O) groups excluding carboxylic acids is 3. The van der Waals surface area contributed by atoms with Crippen LogP contribution in [0.3, 0.4) is 0 Å². The van der Waals surface area contributed by atoms with Gasteiger partial charge in [-0.25, -0.2) is 0 Å². The maximum Gasteiger partial charge on any atom is 0.259 e. The number of ether oxygens (including phenoxy) is 1. The first-order valence-electron chi connectivity index (χ1n) is 8.89. The van der Waals surface area contributed by atoms with Crippen LogP contribution in [0.2, 0.25) is 0 Å². The number of anilines is 1. The Morgan fingerprint density at radius 2 is 1.82 bits per heavy atom. The van der Waals surface area contributed by atoms with Crippen molar-refractivity contribution in [2.75, 3.05) is 25.0 Å². The molecule has 0 radical (unpaired) electrons. The highest BCUT2D eigenvalue weighted by molar-refractivity contribution is 6.11. The average Bonchev–Trinajstić information content (AvgIpc) is 2.92. The summed E-state index contributed by atoms with van der Waals surface area (Å²) >= 11 is 0. The minimum atomic E-state index is -0.358. The standard InChI is InChI=1S/C21H21N3O4/c1-3-22-20(26)13-28-16-8-6-7-15(11-16)23-19(25)12-24-14(2)17-9-4-5-10-18(17)21(24)27/h4-11H,2-3,12-13H2,1H3,(H,22,26)(H,23,25). The van der Waals surface area contributed by atoms with Gasteiger partial charge in [0.1, 0.15) is 12.3 Å². The van der Waals surface area contributed by atoms with E-state index in [1.54, 1.807) is 36.4 Å². The van der Waals surface area contributed by atoms with E-state index >= 15 is 0 Å². The minimum Gasteiger partial charge on any atom is -0.484 e. The maximum atomic E-state index is 12.5. The van der Waals surface area contributed by atoms with Crippen molar-refractivity contribution < 1.29 is 19.1 Å². The van der Waals surface area contributed by atoms with Gasteiger partial charge in [-0.15, -0.1) is 0 Å². The number of benzene rings is 2. The molecule has 1 aliphatic heterocycles. The van der Waals surface area contributed by atoms with E-state index in [1.807, 2.05) is 19.1 Å². The molecule has 0 aliphatic carbocycles. The normalized spacial score (nSPS) is 12.5. The number of hydrogen-bond donors (Lipinski definition) is 2. The van der Waals surface area contributed by atoms with Gasteiger partial charge in [0.15, 0.2) is 6.61 Å². The summed E-state index contributed by atoms with van der Waals surface area (Å²) in [6.45, 7) is 6.03. The molecule has 1 heterocycles. The van der Waals surface area contributed by atoms with Crippen molar-refractivity contribution in [1.82, 2.24) is 10.2 Å². The van der Waals surface area contributed by atoms with Crippen LogP contribution in [0.15, 0.2) is 55.1 Å². The van der Waals surface area contributed by atoms with Gasteiger partial charge in [-0.1, -0.05) is 30.8 Å². The summed E-state index contributed by atoms with van der Waals surface area (Å²) in [4.78, 5) is 37.7. The Morgan fingerprint density at radius 3 is 2.54 bits per heavy atom. The van der Waals surface area contributed by atoms with E-state index in [4.69, 9.17) is 4.74 Å². The summed E-state index contributed by atoms with van der Waals surface area (Å²) in [5.74, 6) is -0.362. The molecule has 0 aromatic heterocycles. The fourth-order valence-corrected chi connectivity index (χ4v) is 2.91. The number of nitrogens with zero attached hydrogens (tertiary/aromatic N) is 1. The zero-order valence-corrected chi connectivity index (χ0v) is 15.5. The summed E-state index contributed by atoms with van der Waals surface area (Å²) in [5.41, 5.74) is 2.30. The van der Waals surface area contributed by atoms with Crippen LogP contribution >= 0.6 is 0 Å². The molecule has 28 heavy (non-hydrogen) atoms. The van der Waals surface area contributed by atoms with Crippen LogP contribution in [-0.4, -0.2) is 42.3 Å². The van der Waals surface area contributed by atoms with Gasteiger partial charge in [0.05, 0.1) is 0 Å². The van der Waals surface area contributed by atoms with Gasteiger partial charge < -0.3 is 15.4 Å². The number of amides is 3. The number of fused-ring (bicyclic) bond motifs is 1. The van der Waals surface area contributed by atoms with Crippen molar-refractivity contribution in [3.63, 3.8) is 0 Å². The Morgan fingerprint density at radius 1 is 1.07 bits per heavy atom. The van der Waals surface area contributed by atoms with Gasteiger partial charge in [0.2, 0.25) is 5.91 Å². The van der Waals surface area contributed by atoms with E-state index < -0.39 is 0 Å². The van der Waals surface area contributed by atoms with Crippen molar-refractivity contribution >= 4 is 29.1 Å². The van der Waals surface area contributed by atoms with Crippen LogP contribution in [0, 0.1) is 0 Å². The molecule has 0 saturated carbocycles. The van der Waals surface area contributed by atoms with E-state index in [-0.39, 0.29) is 30.9 Å². The number of carbonyl (C=O) groups is 3. The van der Waals surface area contributed by atoms with E-state index in [0.717, 1.165) is 5.56 Å². The number of hydrogen-bond acceptors (Lipinski definition) is 4. The molecule has 2 N–H and O–H groups in total. The molecule has 0 bridgehead atoms. The first kappa shape index (κ1) is 19.2. The second kappa shape index (κ2) is 8.39. The monoisotopic (exact) mass is 379 g/mol. The minimum absolute atomic E-state index is 0.106. The predicted molar refractivity (Wildman–Crippen MR) is 106 cm³/mol. The summed E-state index contributed by atoms with van der Waals surface area (Å²) in [6, 6.07) is 13.8.